The SMILES string of the molecule is C[C@H](Nc1ccc(I)cc1)C(=O)Nc1ccccc1Cl. The molecule has 5 heteroatoms. The number of hydrogen-bond acceptors (Lipinski definition) is 2. The van der Waals surface area contributed by atoms with Gasteiger partial charge in [0.2, 0.25) is 5.91 Å². The molecular weight excluding hydrogens is 387 g/mol. The first-order valence-corrected chi connectivity index (χ1v) is 7.59. The molecule has 20 heavy (non-hydrogen) atoms. The third-order valence-corrected chi connectivity index (χ3v) is 3.80. The number of nitrogens with one attached hydrogen (secondary N) is 2. The third kappa shape index (κ3) is 4.11. The summed E-state index contributed by atoms with van der Waals surface area (Å²) in [5.74, 6) is -0.128. The van der Waals surface area contributed by atoms with Crippen LogP contribution in [0.2, 0.25) is 5.02 Å². The lowest BCUT2D eigenvalue weighted by molar-refractivity contribution is -0.116. The van der Waals surface area contributed by atoms with Gasteiger partial charge in [0, 0.05) is 9.26 Å². The minimum atomic E-state index is -0.355. The Morgan fingerprint density at radius 3 is 2.45 bits per heavy atom. The van der Waals surface area contributed by atoms with Gasteiger partial charge < -0.3 is 10.6 Å². The summed E-state index contributed by atoms with van der Waals surface area (Å²) in [5, 5.41) is 6.49. The van der Waals surface area contributed by atoms with Gasteiger partial charge in [-0.05, 0) is 65.9 Å². The van der Waals surface area contributed by atoms with E-state index in [0.29, 0.717) is 10.7 Å². The van der Waals surface area contributed by atoms with E-state index in [9.17, 15) is 4.79 Å². The molecule has 2 aromatic carbocycles. The first-order valence-electron chi connectivity index (χ1n) is 6.14. The van der Waals surface area contributed by atoms with Gasteiger partial charge in [0.25, 0.3) is 0 Å². The van der Waals surface area contributed by atoms with Gasteiger partial charge in [0.05, 0.1) is 10.7 Å². The molecular formula is C15H14ClIN2O. The second-order valence-electron chi connectivity index (χ2n) is 4.34. The number of amides is 1. The lowest BCUT2D eigenvalue weighted by atomic mass is 10.2. The van der Waals surface area contributed by atoms with E-state index in [0.717, 1.165) is 9.26 Å². The first-order chi connectivity index (χ1) is 9.56. The number of hydrogen-bond donors (Lipinski definition) is 2. The number of rotatable bonds is 4. The van der Waals surface area contributed by atoms with Crippen molar-refractivity contribution in [3.05, 3.63) is 57.1 Å². The molecule has 0 bridgehead atoms. The van der Waals surface area contributed by atoms with Gasteiger partial charge >= 0.3 is 0 Å². The molecule has 0 aliphatic heterocycles. The highest BCUT2D eigenvalue weighted by Crippen LogP contribution is 2.21. The Bertz CT molecular complexity index is 601. The van der Waals surface area contributed by atoms with Crippen LogP contribution in [0.4, 0.5) is 11.4 Å². The zero-order valence-corrected chi connectivity index (χ0v) is 13.8. The van der Waals surface area contributed by atoms with Crippen molar-refractivity contribution in [2.45, 2.75) is 13.0 Å². The summed E-state index contributed by atoms with van der Waals surface area (Å²) < 4.78 is 1.15. The highest BCUT2D eigenvalue weighted by Gasteiger charge is 2.13. The van der Waals surface area contributed by atoms with Gasteiger partial charge in [0.1, 0.15) is 6.04 Å². The average Bonchev–Trinajstić information content (AvgIpc) is 2.44. The van der Waals surface area contributed by atoms with Crippen LogP contribution in [-0.4, -0.2) is 11.9 Å². The molecule has 0 fully saturated rings. The summed E-state index contributed by atoms with van der Waals surface area (Å²) in [6.45, 7) is 1.81. The molecule has 0 aliphatic carbocycles. The van der Waals surface area contributed by atoms with Crippen LogP contribution in [0.5, 0.6) is 0 Å². The monoisotopic (exact) mass is 400 g/mol. The Labute approximate surface area is 136 Å². The van der Waals surface area contributed by atoms with E-state index in [2.05, 4.69) is 33.2 Å². The molecule has 1 atom stereocenters. The predicted molar refractivity (Wildman–Crippen MR) is 92.3 cm³/mol. The fourth-order valence-electron chi connectivity index (χ4n) is 1.67. The smallest absolute Gasteiger partial charge is 0.246 e. The summed E-state index contributed by atoms with van der Waals surface area (Å²) in [6, 6.07) is 14.7. The molecule has 0 heterocycles. The number of para-hydroxylation sites is 1. The molecule has 0 aliphatic rings. The van der Waals surface area contributed by atoms with E-state index < -0.39 is 0 Å². The van der Waals surface area contributed by atoms with Gasteiger partial charge in [-0.2, -0.15) is 0 Å². The average molecular weight is 401 g/mol. The van der Waals surface area contributed by atoms with Gasteiger partial charge in [-0.25, -0.2) is 0 Å². The fourth-order valence-corrected chi connectivity index (χ4v) is 2.21. The van der Waals surface area contributed by atoms with Crippen LogP contribution in [0.15, 0.2) is 48.5 Å². The molecule has 0 radical (unpaired) electrons. The van der Waals surface area contributed by atoms with Crippen molar-refractivity contribution < 1.29 is 4.79 Å². The summed E-state index contributed by atoms with van der Waals surface area (Å²) in [5.41, 5.74) is 1.53. The van der Waals surface area contributed by atoms with E-state index in [1.165, 1.54) is 0 Å². The Morgan fingerprint density at radius 1 is 1.15 bits per heavy atom. The van der Waals surface area contributed by atoms with Crippen LogP contribution < -0.4 is 10.6 Å². The molecule has 0 saturated carbocycles. The maximum atomic E-state index is 12.1. The Morgan fingerprint density at radius 2 is 1.80 bits per heavy atom. The molecule has 104 valence electrons. The van der Waals surface area contributed by atoms with Gasteiger partial charge in [-0.3, -0.25) is 4.79 Å². The summed E-state index contributed by atoms with van der Waals surface area (Å²) in [4.78, 5) is 12.1. The van der Waals surface area contributed by atoms with Gasteiger partial charge in [-0.1, -0.05) is 23.7 Å². The van der Waals surface area contributed by atoms with Crippen molar-refractivity contribution in [3.63, 3.8) is 0 Å². The summed E-state index contributed by atoms with van der Waals surface area (Å²) in [6.07, 6.45) is 0. The van der Waals surface area contributed by atoms with Crippen molar-refractivity contribution in [1.82, 2.24) is 0 Å². The van der Waals surface area contributed by atoms with E-state index >= 15 is 0 Å². The van der Waals surface area contributed by atoms with Crippen molar-refractivity contribution in [1.29, 1.82) is 0 Å². The lowest BCUT2D eigenvalue weighted by Crippen LogP contribution is -2.31. The maximum Gasteiger partial charge on any atom is 0.246 e. The van der Waals surface area contributed by atoms with Crippen LogP contribution in [0.1, 0.15) is 6.92 Å². The van der Waals surface area contributed by atoms with Crippen LogP contribution in [0.3, 0.4) is 0 Å². The van der Waals surface area contributed by atoms with Crippen LogP contribution in [-0.2, 0) is 4.79 Å². The first kappa shape index (κ1) is 15.1. The molecule has 2 aromatic rings. The molecule has 0 saturated heterocycles. The molecule has 0 unspecified atom stereocenters. The quantitative estimate of drug-likeness (QED) is 0.748. The topological polar surface area (TPSA) is 41.1 Å². The summed E-state index contributed by atoms with van der Waals surface area (Å²) >= 11 is 8.26. The zero-order valence-electron chi connectivity index (χ0n) is 10.9. The molecule has 0 spiro atoms. The molecule has 2 rings (SSSR count). The molecule has 2 N–H and O–H groups in total. The third-order valence-electron chi connectivity index (χ3n) is 2.75. The molecule has 1 amide bonds. The van der Waals surface area contributed by atoms with Crippen molar-refractivity contribution in [2.75, 3.05) is 10.6 Å². The van der Waals surface area contributed by atoms with Crippen molar-refractivity contribution in [3.8, 4) is 0 Å². The highest BCUT2D eigenvalue weighted by atomic mass is 127. The number of carbonyl (C=O) groups excluding carboxylic acids is 1. The van der Waals surface area contributed by atoms with E-state index in [1.54, 1.807) is 12.1 Å². The number of anilines is 2. The predicted octanol–water partition coefficient (Wildman–Crippen LogP) is 4.38. The van der Waals surface area contributed by atoms with E-state index in [4.69, 9.17) is 11.6 Å². The van der Waals surface area contributed by atoms with Crippen LogP contribution >= 0.6 is 34.2 Å². The lowest BCUT2D eigenvalue weighted by Gasteiger charge is -2.16. The normalized spacial score (nSPS) is 11.8. The van der Waals surface area contributed by atoms with E-state index in [-0.39, 0.29) is 11.9 Å². The standard InChI is InChI=1S/C15H14ClIN2O/c1-10(18-12-8-6-11(17)7-9-12)15(20)19-14-5-3-2-4-13(14)16/h2-10,18H,1H3,(H,19,20)/t10-/m0/s1. The molecule has 3 nitrogen and oxygen atoms in total. The number of halogens is 2. The largest absolute Gasteiger partial charge is 0.374 e. The minimum Gasteiger partial charge on any atom is -0.374 e. The molecule has 0 aromatic heterocycles. The fraction of sp³-hybridized carbons (Fsp3) is 0.133. The van der Waals surface area contributed by atoms with Gasteiger partial charge in [-0.15, -0.1) is 0 Å². The van der Waals surface area contributed by atoms with Crippen molar-refractivity contribution >= 4 is 51.5 Å². The highest BCUT2D eigenvalue weighted by molar-refractivity contribution is 14.1. The van der Waals surface area contributed by atoms with Crippen LogP contribution in [0.25, 0.3) is 0 Å². The van der Waals surface area contributed by atoms with Gasteiger partial charge in [0.15, 0.2) is 0 Å². The minimum absolute atomic E-state index is 0.128. The zero-order chi connectivity index (χ0) is 14.5. The van der Waals surface area contributed by atoms with E-state index in [1.807, 2.05) is 43.3 Å². The Hall–Kier alpha value is -1.27. The summed E-state index contributed by atoms with van der Waals surface area (Å²) in [7, 11) is 0. The van der Waals surface area contributed by atoms with Crippen LogP contribution in [0, 0.1) is 3.57 Å². The second kappa shape index (κ2) is 6.95. The Kier molecular flexibility index (Phi) is 5.25. The second-order valence-corrected chi connectivity index (χ2v) is 5.99. The van der Waals surface area contributed by atoms with Crippen molar-refractivity contribution in [2.24, 2.45) is 0 Å². The maximum absolute atomic E-state index is 12.1. The number of benzene rings is 2. The Balaban J connectivity index is 1.99. The number of carbonyl (C=O) groups is 1.